The normalized spacial score (nSPS) is 20.4. The number of fused-ring (bicyclic) bond motifs is 1. The zero-order valence-electron chi connectivity index (χ0n) is 21.8. The molecule has 1 amide bonds. The number of ether oxygens (including phenoxy) is 2. The summed E-state index contributed by atoms with van der Waals surface area (Å²) in [6.45, 7) is 1.54. The Balaban J connectivity index is 1.20. The second-order valence-corrected chi connectivity index (χ2v) is 10.6. The van der Waals surface area contributed by atoms with Gasteiger partial charge >= 0.3 is 5.97 Å². The fourth-order valence-corrected chi connectivity index (χ4v) is 5.82. The molecule has 3 aromatic rings. The zero-order chi connectivity index (χ0) is 26.3. The molecule has 5 rings (SSSR count). The molecule has 1 saturated heterocycles. The largest absolute Gasteiger partial charge is 0.530 e. The summed E-state index contributed by atoms with van der Waals surface area (Å²) in [5.41, 5.74) is 3.31. The lowest BCUT2D eigenvalue weighted by Gasteiger charge is -2.40. The van der Waals surface area contributed by atoms with Gasteiger partial charge in [-0.3, -0.25) is 4.79 Å². The van der Waals surface area contributed by atoms with E-state index in [1.165, 1.54) is 16.7 Å². The maximum Gasteiger partial charge on any atom is 0.308 e. The first-order valence-corrected chi connectivity index (χ1v) is 13.9. The quantitative estimate of drug-likeness (QED) is 0.385. The molecule has 1 aliphatic heterocycles. The van der Waals surface area contributed by atoms with Gasteiger partial charge in [-0.05, 0) is 52.8 Å². The third-order valence-corrected chi connectivity index (χ3v) is 8.08. The van der Waals surface area contributed by atoms with Crippen LogP contribution >= 0.6 is 0 Å². The molecule has 0 bridgehead atoms. The summed E-state index contributed by atoms with van der Waals surface area (Å²) in [6, 6.07) is 22.8. The third kappa shape index (κ3) is 6.54. The molecule has 0 N–H and O–H groups in total. The molecule has 3 aromatic carbocycles. The van der Waals surface area contributed by atoms with Crippen LogP contribution in [0.4, 0.5) is 4.79 Å². The number of hydrogen-bond acceptors (Lipinski definition) is 5. The maximum absolute atomic E-state index is 12.3. The van der Waals surface area contributed by atoms with Crippen LogP contribution < -0.4 is 5.11 Å². The highest BCUT2D eigenvalue weighted by Gasteiger charge is 2.31. The Morgan fingerprint density at radius 2 is 1.61 bits per heavy atom. The van der Waals surface area contributed by atoms with Crippen LogP contribution in [0.1, 0.15) is 61.1 Å². The Kier molecular flexibility index (Phi) is 8.59. The summed E-state index contributed by atoms with van der Waals surface area (Å²) in [5, 5.41) is 13.9. The second kappa shape index (κ2) is 12.4. The van der Waals surface area contributed by atoms with Gasteiger partial charge in [-0.2, -0.15) is 0 Å². The van der Waals surface area contributed by atoms with Crippen LogP contribution in [0.15, 0.2) is 66.7 Å². The molecular formula is C32H36NO5-. The summed E-state index contributed by atoms with van der Waals surface area (Å²) in [6.07, 6.45) is 5.31. The van der Waals surface area contributed by atoms with E-state index in [2.05, 4.69) is 54.6 Å². The van der Waals surface area contributed by atoms with Gasteiger partial charge in [-0.25, -0.2) is 0 Å². The van der Waals surface area contributed by atoms with E-state index < -0.39 is 6.09 Å². The number of esters is 1. The minimum absolute atomic E-state index is 0.0487. The SMILES string of the molecule is O=C(OCCc1ccc(C2CCN(C(=O)[O-])CC2OCc2ccc3ccccc3c2)cc1)C1CCCCC1. The Morgan fingerprint density at radius 3 is 2.37 bits per heavy atom. The van der Waals surface area contributed by atoms with Gasteiger partial charge in [-0.1, -0.05) is 79.9 Å². The van der Waals surface area contributed by atoms with E-state index in [1.54, 1.807) is 0 Å². The third-order valence-electron chi connectivity index (χ3n) is 8.08. The van der Waals surface area contributed by atoms with Crippen molar-refractivity contribution in [3.05, 3.63) is 83.4 Å². The van der Waals surface area contributed by atoms with Crippen molar-refractivity contribution in [3.8, 4) is 0 Å². The van der Waals surface area contributed by atoms with Crippen LogP contribution in [0.2, 0.25) is 0 Å². The fraction of sp³-hybridized carbons (Fsp3) is 0.438. The minimum atomic E-state index is -1.15. The number of benzene rings is 3. The number of carbonyl (C=O) groups excluding carboxylic acids is 2. The van der Waals surface area contributed by atoms with Crippen molar-refractivity contribution in [3.63, 3.8) is 0 Å². The van der Waals surface area contributed by atoms with Gasteiger partial charge in [0.15, 0.2) is 0 Å². The van der Waals surface area contributed by atoms with Gasteiger partial charge in [0.25, 0.3) is 0 Å². The number of nitrogens with zero attached hydrogens (tertiary/aromatic N) is 1. The zero-order valence-corrected chi connectivity index (χ0v) is 21.8. The standard InChI is InChI=1S/C32H37NO5/c34-31(27-7-2-1-3-8-27)37-19-17-23-10-14-26(15-11-23)29-16-18-33(32(35)36)21-30(29)38-22-24-12-13-25-6-4-5-9-28(25)20-24/h4-6,9-15,20,27,29-30H,1-3,7-8,16-19,21-22H2,(H,35,36)/p-1. The van der Waals surface area contributed by atoms with Crippen molar-refractivity contribution < 1.29 is 24.2 Å². The van der Waals surface area contributed by atoms with Crippen molar-refractivity contribution in [1.82, 2.24) is 4.90 Å². The Morgan fingerprint density at radius 1 is 0.868 bits per heavy atom. The lowest BCUT2D eigenvalue weighted by atomic mass is 9.86. The van der Waals surface area contributed by atoms with Gasteiger partial charge in [0.2, 0.25) is 0 Å². The van der Waals surface area contributed by atoms with Gasteiger partial charge in [0.1, 0.15) is 6.09 Å². The fourth-order valence-electron chi connectivity index (χ4n) is 5.82. The first kappa shape index (κ1) is 26.2. The average molecular weight is 515 g/mol. The number of carbonyl (C=O) groups is 2. The second-order valence-electron chi connectivity index (χ2n) is 10.6. The predicted octanol–water partition coefficient (Wildman–Crippen LogP) is 5.22. The van der Waals surface area contributed by atoms with Crippen LogP contribution in [0.5, 0.6) is 0 Å². The molecule has 200 valence electrons. The van der Waals surface area contributed by atoms with Crippen molar-refractivity contribution in [2.45, 2.75) is 63.6 Å². The number of rotatable bonds is 8. The van der Waals surface area contributed by atoms with Crippen LogP contribution in [-0.2, 0) is 27.3 Å². The monoisotopic (exact) mass is 514 g/mol. The van der Waals surface area contributed by atoms with Crippen LogP contribution in [0.25, 0.3) is 10.8 Å². The average Bonchev–Trinajstić information content (AvgIpc) is 2.96. The Labute approximate surface area is 224 Å². The van der Waals surface area contributed by atoms with Gasteiger partial charge < -0.3 is 24.3 Å². The summed E-state index contributed by atoms with van der Waals surface area (Å²) in [5.74, 6) is 0.112. The molecule has 0 aromatic heterocycles. The van der Waals surface area contributed by atoms with E-state index in [0.29, 0.717) is 39.1 Å². The molecular weight excluding hydrogens is 478 g/mol. The highest BCUT2D eigenvalue weighted by Crippen LogP contribution is 2.32. The van der Waals surface area contributed by atoms with E-state index in [9.17, 15) is 14.7 Å². The molecule has 2 atom stereocenters. The molecule has 1 saturated carbocycles. The van der Waals surface area contributed by atoms with Gasteiger partial charge in [0.05, 0.1) is 25.2 Å². The topological polar surface area (TPSA) is 78.9 Å². The summed E-state index contributed by atoms with van der Waals surface area (Å²) >= 11 is 0. The van der Waals surface area contributed by atoms with Crippen molar-refractivity contribution >= 4 is 22.8 Å². The van der Waals surface area contributed by atoms with Gasteiger partial charge in [0, 0.05) is 25.4 Å². The molecule has 1 heterocycles. The predicted molar refractivity (Wildman–Crippen MR) is 145 cm³/mol. The summed E-state index contributed by atoms with van der Waals surface area (Å²) < 4.78 is 11.9. The minimum Gasteiger partial charge on any atom is -0.530 e. The molecule has 0 spiro atoms. The molecule has 38 heavy (non-hydrogen) atoms. The molecule has 1 aliphatic carbocycles. The maximum atomic E-state index is 12.3. The number of hydrogen-bond donors (Lipinski definition) is 0. The molecule has 6 nitrogen and oxygen atoms in total. The van der Waals surface area contributed by atoms with Crippen molar-refractivity contribution in [2.24, 2.45) is 5.92 Å². The van der Waals surface area contributed by atoms with E-state index in [-0.39, 0.29) is 23.9 Å². The van der Waals surface area contributed by atoms with Gasteiger partial charge in [-0.15, -0.1) is 0 Å². The van der Waals surface area contributed by atoms with E-state index >= 15 is 0 Å². The lowest BCUT2D eigenvalue weighted by molar-refractivity contribution is -0.268. The van der Waals surface area contributed by atoms with Crippen LogP contribution in [0.3, 0.4) is 0 Å². The summed E-state index contributed by atoms with van der Waals surface area (Å²) in [4.78, 5) is 25.2. The first-order valence-electron chi connectivity index (χ1n) is 13.9. The van der Waals surface area contributed by atoms with Crippen molar-refractivity contribution in [1.29, 1.82) is 0 Å². The molecule has 0 radical (unpaired) electrons. The molecule has 2 unspecified atom stereocenters. The number of amides is 1. The highest BCUT2D eigenvalue weighted by atomic mass is 16.5. The summed E-state index contributed by atoms with van der Waals surface area (Å²) in [7, 11) is 0. The van der Waals surface area contributed by atoms with Crippen LogP contribution in [-0.4, -0.2) is 42.8 Å². The van der Waals surface area contributed by atoms with Crippen LogP contribution in [0, 0.1) is 5.92 Å². The van der Waals surface area contributed by atoms with E-state index in [1.807, 2.05) is 12.1 Å². The Hall–Kier alpha value is -3.38. The first-order chi connectivity index (χ1) is 18.6. The molecule has 2 aliphatic rings. The smallest absolute Gasteiger partial charge is 0.308 e. The highest BCUT2D eigenvalue weighted by molar-refractivity contribution is 5.82. The number of piperidine rings is 1. The lowest BCUT2D eigenvalue weighted by Crippen LogP contribution is -2.51. The van der Waals surface area contributed by atoms with E-state index in [0.717, 1.165) is 47.8 Å². The molecule has 2 fully saturated rings. The number of carboxylic acid groups (broad SMARTS) is 1. The number of likely N-dealkylation sites (tertiary alicyclic amines) is 1. The van der Waals surface area contributed by atoms with E-state index in [4.69, 9.17) is 9.47 Å². The Bertz CT molecular complexity index is 1230. The van der Waals surface area contributed by atoms with Crippen molar-refractivity contribution in [2.75, 3.05) is 19.7 Å². The molecule has 6 heteroatoms.